The Bertz CT molecular complexity index is 877. The second-order valence-electron chi connectivity index (χ2n) is 11.6. The second kappa shape index (κ2) is 4.59. The van der Waals surface area contributed by atoms with Gasteiger partial charge < -0.3 is 4.74 Å². The van der Waals surface area contributed by atoms with Gasteiger partial charge in [0.05, 0.1) is 0 Å². The fourth-order valence-corrected chi connectivity index (χ4v) is 9.70. The van der Waals surface area contributed by atoms with Crippen LogP contribution in [-0.4, -0.2) is 23.5 Å². The van der Waals surface area contributed by atoms with Crippen LogP contribution in [0, 0.1) is 46.3 Å². The van der Waals surface area contributed by atoms with Gasteiger partial charge in [-0.1, -0.05) is 25.0 Å². The van der Waals surface area contributed by atoms with Gasteiger partial charge in [0.1, 0.15) is 17.6 Å². The zero-order chi connectivity index (χ0) is 19.2. The first kappa shape index (κ1) is 16.6. The number of ketones is 1. The number of carbonyl (C=O) groups excluding carboxylic acids is 2. The van der Waals surface area contributed by atoms with Crippen molar-refractivity contribution in [1.29, 1.82) is 0 Å². The molecule has 0 amide bonds. The number of hydrogen-bond acceptors (Lipinski definition) is 3. The fourth-order valence-electron chi connectivity index (χ4n) is 9.70. The molecular formula is C24H29FO3. The number of esters is 1. The van der Waals surface area contributed by atoms with Gasteiger partial charge in [-0.2, -0.15) is 0 Å². The van der Waals surface area contributed by atoms with Crippen molar-refractivity contribution in [1.82, 2.24) is 0 Å². The molecule has 7 rings (SSSR count). The van der Waals surface area contributed by atoms with Crippen LogP contribution >= 0.6 is 0 Å². The summed E-state index contributed by atoms with van der Waals surface area (Å²) in [7, 11) is 0. The Hall–Kier alpha value is -1.19. The van der Waals surface area contributed by atoms with Crippen LogP contribution < -0.4 is 0 Å². The Morgan fingerprint density at radius 2 is 1.93 bits per heavy atom. The van der Waals surface area contributed by atoms with Crippen LogP contribution in [0.15, 0.2) is 11.1 Å². The maximum absolute atomic E-state index is 16.1. The van der Waals surface area contributed by atoms with Gasteiger partial charge in [-0.25, -0.2) is 4.39 Å². The number of rotatable bonds is 0. The fraction of sp³-hybridized carbons (Fsp3) is 0.833. The summed E-state index contributed by atoms with van der Waals surface area (Å²) in [4.78, 5) is 24.3. The van der Waals surface area contributed by atoms with E-state index >= 15 is 4.39 Å². The molecule has 7 aliphatic rings. The van der Waals surface area contributed by atoms with Crippen molar-refractivity contribution in [3.8, 4) is 0 Å². The van der Waals surface area contributed by atoms with E-state index in [1.807, 2.05) is 0 Å². The monoisotopic (exact) mass is 384 g/mol. The standard InChI is InChI=1S/C24H29FO3/c1-22-5-3-11(26)7-15(22)12-8-13(12)19-20-14-9-16(14)24(6-4-18(27)28-24)23(20,2)10-17(25)21(19)22/h13-14,16-17,19-21H,3-10H2,1-2H3/t13-,14+,16-,17-,19?,20?,21?,22-,23-,24-/m0/s1. The Balaban J connectivity index is 1.37. The molecule has 6 fully saturated rings. The van der Waals surface area contributed by atoms with E-state index in [-0.39, 0.29) is 22.7 Å². The number of hydrogen-bond donors (Lipinski definition) is 0. The van der Waals surface area contributed by atoms with Gasteiger partial charge in [-0.05, 0) is 61.2 Å². The van der Waals surface area contributed by atoms with Crippen LogP contribution in [0.1, 0.15) is 65.2 Å². The quantitative estimate of drug-likeness (QED) is 0.459. The predicted molar refractivity (Wildman–Crippen MR) is 99.8 cm³/mol. The van der Waals surface area contributed by atoms with Crippen molar-refractivity contribution in [2.75, 3.05) is 0 Å². The van der Waals surface area contributed by atoms with Crippen molar-refractivity contribution in [3.05, 3.63) is 11.1 Å². The number of fused-ring (bicyclic) bond motifs is 11. The molecule has 1 spiro atoms. The van der Waals surface area contributed by atoms with Gasteiger partial charge in [0.25, 0.3) is 0 Å². The van der Waals surface area contributed by atoms with E-state index in [4.69, 9.17) is 4.74 Å². The van der Waals surface area contributed by atoms with Gasteiger partial charge >= 0.3 is 5.97 Å². The highest BCUT2D eigenvalue weighted by molar-refractivity contribution is 5.83. The zero-order valence-electron chi connectivity index (χ0n) is 16.8. The molecule has 10 atom stereocenters. The lowest BCUT2D eigenvalue weighted by Gasteiger charge is -2.60. The predicted octanol–water partition coefficient (Wildman–Crippen LogP) is 4.40. The highest BCUT2D eigenvalue weighted by atomic mass is 19.1. The molecule has 6 aliphatic carbocycles. The summed E-state index contributed by atoms with van der Waals surface area (Å²) in [6, 6.07) is 0. The van der Waals surface area contributed by atoms with E-state index in [2.05, 4.69) is 13.8 Å². The lowest BCUT2D eigenvalue weighted by Crippen LogP contribution is -2.60. The molecule has 5 saturated carbocycles. The van der Waals surface area contributed by atoms with E-state index < -0.39 is 11.8 Å². The summed E-state index contributed by atoms with van der Waals surface area (Å²) in [5, 5.41) is 0. The topological polar surface area (TPSA) is 43.4 Å². The molecule has 3 unspecified atom stereocenters. The summed E-state index contributed by atoms with van der Waals surface area (Å²) in [6.07, 6.45) is 5.27. The minimum atomic E-state index is -0.852. The van der Waals surface area contributed by atoms with Gasteiger partial charge in [0.2, 0.25) is 0 Å². The number of halogens is 1. The molecule has 0 aromatic rings. The summed E-state index contributed by atoms with van der Waals surface area (Å²) in [5.41, 5.74) is 2.11. The van der Waals surface area contributed by atoms with Crippen molar-refractivity contribution in [3.63, 3.8) is 0 Å². The molecule has 4 heteroatoms. The molecule has 1 saturated heterocycles. The van der Waals surface area contributed by atoms with E-state index in [9.17, 15) is 9.59 Å². The molecule has 28 heavy (non-hydrogen) atoms. The number of allylic oxidation sites excluding steroid dienone is 2. The molecule has 150 valence electrons. The summed E-state index contributed by atoms with van der Waals surface area (Å²) < 4.78 is 22.2. The number of Topliss-reactive ketones (excluding diaryl/α,β-unsaturated/α-hetero) is 1. The first-order valence-corrected chi connectivity index (χ1v) is 11.4. The lowest BCUT2D eigenvalue weighted by atomic mass is 9.45. The Kier molecular flexibility index (Phi) is 2.72. The van der Waals surface area contributed by atoms with Gasteiger partial charge in [0, 0.05) is 36.5 Å². The molecule has 0 radical (unpaired) electrons. The van der Waals surface area contributed by atoms with E-state index in [1.54, 1.807) is 0 Å². The Morgan fingerprint density at radius 1 is 1.11 bits per heavy atom. The summed E-state index contributed by atoms with van der Waals surface area (Å²) >= 11 is 0. The highest BCUT2D eigenvalue weighted by Crippen LogP contribution is 2.81. The van der Waals surface area contributed by atoms with Crippen LogP contribution in [-0.2, 0) is 14.3 Å². The van der Waals surface area contributed by atoms with Gasteiger partial charge in [-0.15, -0.1) is 0 Å². The highest BCUT2D eigenvalue weighted by Gasteiger charge is 2.81. The third-order valence-corrected chi connectivity index (χ3v) is 10.7. The van der Waals surface area contributed by atoms with Gasteiger partial charge in [0.15, 0.2) is 0 Å². The summed E-state index contributed by atoms with van der Waals surface area (Å²) in [5.74, 6) is 2.79. The average Bonchev–Trinajstić information content (AvgIpc) is 3.53. The Morgan fingerprint density at radius 3 is 2.68 bits per heavy atom. The van der Waals surface area contributed by atoms with Crippen LogP contribution in [0.3, 0.4) is 0 Å². The van der Waals surface area contributed by atoms with Crippen molar-refractivity contribution in [2.45, 2.75) is 77.0 Å². The van der Waals surface area contributed by atoms with Crippen LogP contribution in [0.4, 0.5) is 4.39 Å². The summed E-state index contributed by atoms with van der Waals surface area (Å²) in [6.45, 7) is 4.53. The van der Waals surface area contributed by atoms with Crippen LogP contribution in [0.2, 0.25) is 0 Å². The third kappa shape index (κ3) is 1.60. The van der Waals surface area contributed by atoms with Crippen molar-refractivity contribution >= 4 is 11.8 Å². The number of ether oxygens (including phenoxy) is 1. The first-order chi connectivity index (χ1) is 13.3. The number of alkyl halides is 1. The van der Waals surface area contributed by atoms with Crippen LogP contribution in [0.25, 0.3) is 0 Å². The van der Waals surface area contributed by atoms with E-state index in [0.29, 0.717) is 61.1 Å². The van der Waals surface area contributed by atoms with Crippen molar-refractivity contribution in [2.24, 2.45) is 46.3 Å². The lowest BCUT2D eigenvalue weighted by molar-refractivity contribution is -0.186. The normalized spacial score (nSPS) is 60.6. The molecule has 3 nitrogen and oxygen atoms in total. The molecule has 0 aromatic carbocycles. The molecule has 1 aliphatic heterocycles. The molecular weight excluding hydrogens is 355 g/mol. The minimum absolute atomic E-state index is 0.0541. The third-order valence-electron chi connectivity index (χ3n) is 10.7. The minimum Gasteiger partial charge on any atom is -0.458 e. The second-order valence-corrected chi connectivity index (χ2v) is 11.6. The average molecular weight is 384 g/mol. The first-order valence-electron chi connectivity index (χ1n) is 11.4. The molecule has 0 N–H and O–H groups in total. The molecule has 0 aromatic heterocycles. The maximum Gasteiger partial charge on any atom is 0.306 e. The maximum atomic E-state index is 16.1. The molecule has 0 bridgehead atoms. The largest absolute Gasteiger partial charge is 0.458 e. The number of carbonyl (C=O) groups is 2. The SMILES string of the molecule is C[C@]12CCC(=O)CC1=C1C[C@@H]1C1C2[C@@H](F)C[C@@]2(C)C1[C@@H]1C[C@@H]1[C@@]21CCC(=O)O1. The van der Waals surface area contributed by atoms with Crippen LogP contribution in [0.5, 0.6) is 0 Å². The smallest absolute Gasteiger partial charge is 0.306 e. The van der Waals surface area contributed by atoms with Crippen molar-refractivity contribution < 1.29 is 18.7 Å². The van der Waals surface area contributed by atoms with E-state index in [0.717, 1.165) is 19.3 Å². The molecule has 1 heterocycles. The van der Waals surface area contributed by atoms with Gasteiger partial charge in [-0.3, -0.25) is 9.59 Å². The van der Waals surface area contributed by atoms with E-state index in [1.165, 1.54) is 17.6 Å². The zero-order valence-corrected chi connectivity index (χ0v) is 16.8. The Labute approximate surface area is 165 Å².